The Bertz CT molecular complexity index is 888. The van der Waals surface area contributed by atoms with Crippen LogP contribution in [0.2, 0.25) is 0 Å². The molecule has 28 heavy (non-hydrogen) atoms. The Morgan fingerprint density at radius 2 is 1.93 bits per heavy atom. The fourth-order valence-electron chi connectivity index (χ4n) is 2.82. The van der Waals surface area contributed by atoms with Crippen molar-refractivity contribution in [3.63, 3.8) is 0 Å². The van der Waals surface area contributed by atoms with Crippen molar-refractivity contribution in [3.8, 4) is 11.6 Å². The van der Waals surface area contributed by atoms with Crippen molar-refractivity contribution in [1.29, 1.82) is 0 Å². The van der Waals surface area contributed by atoms with Gasteiger partial charge in [0.05, 0.1) is 5.56 Å². The molecule has 0 unspecified atom stereocenters. The predicted octanol–water partition coefficient (Wildman–Crippen LogP) is 5.81. The molecule has 148 valence electrons. The molecule has 0 radical (unpaired) electrons. The van der Waals surface area contributed by atoms with Crippen molar-refractivity contribution in [3.05, 3.63) is 57.7 Å². The molecule has 3 rings (SSSR count). The van der Waals surface area contributed by atoms with E-state index in [1.165, 1.54) is 11.0 Å². The number of pyridine rings is 1. The number of carboxylic acid groups (broad SMARTS) is 1. The quantitative estimate of drug-likeness (QED) is 0.632. The van der Waals surface area contributed by atoms with E-state index >= 15 is 0 Å². The molecule has 1 aromatic heterocycles. The summed E-state index contributed by atoms with van der Waals surface area (Å²) in [5.74, 6) is 0.482. The number of alkyl halides is 3. The first-order valence-electron chi connectivity index (χ1n) is 8.40. The molecule has 1 fully saturated rings. The second kappa shape index (κ2) is 8.22. The van der Waals surface area contributed by atoms with Gasteiger partial charge in [0, 0.05) is 29.8 Å². The van der Waals surface area contributed by atoms with Crippen LogP contribution >= 0.6 is 15.9 Å². The summed E-state index contributed by atoms with van der Waals surface area (Å²) in [6.45, 7) is 0.905. The Morgan fingerprint density at radius 3 is 2.50 bits per heavy atom. The number of halogens is 4. The normalized spacial score (nSPS) is 14.7. The van der Waals surface area contributed by atoms with Crippen LogP contribution < -0.4 is 4.74 Å². The second-order valence-corrected chi connectivity index (χ2v) is 7.19. The fourth-order valence-corrected chi connectivity index (χ4v) is 3.31. The van der Waals surface area contributed by atoms with Gasteiger partial charge in [0.25, 0.3) is 0 Å². The molecule has 1 N–H and O–H groups in total. The highest BCUT2D eigenvalue weighted by Gasteiger charge is 2.30. The van der Waals surface area contributed by atoms with E-state index in [1.54, 1.807) is 12.1 Å². The van der Waals surface area contributed by atoms with Crippen LogP contribution in [0.5, 0.6) is 11.6 Å². The minimum Gasteiger partial charge on any atom is -0.465 e. The molecule has 0 atom stereocenters. The van der Waals surface area contributed by atoms with E-state index in [4.69, 9.17) is 9.84 Å². The smallest absolute Gasteiger partial charge is 0.417 e. The van der Waals surface area contributed by atoms with Crippen LogP contribution in [0.25, 0.3) is 6.08 Å². The lowest BCUT2D eigenvalue weighted by Crippen LogP contribution is -2.35. The summed E-state index contributed by atoms with van der Waals surface area (Å²) >= 11 is 3.39. The van der Waals surface area contributed by atoms with Gasteiger partial charge in [-0.2, -0.15) is 13.2 Å². The first kappa shape index (κ1) is 20.2. The molecule has 2 heterocycles. The first-order chi connectivity index (χ1) is 13.2. The topological polar surface area (TPSA) is 62.7 Å². The zero-order chi connectivity index (χ0) is 20.3. The average Bonchev–Trinajstić information content (AvgIpc) is 2.61. The molecular weight excluding hydrogens is 441 g/mol. The van der Waals surface area contributed by atoms with E-state index in [0.717, 1.165) is 27.9 Å². The van der Waals surface area contributed by atoms with Crippen LogP contribution in [0.1, 0.15) is 24.0 Å². The van der Waals surface area contributed by atoms with Crippen molar-refractivity contribution >= 4 is 28.1 Å². The Morgan fingerprint density at radius 1 is 1.21 bits per heavy atom. The minimum atomic E-state index is -4.45. The monoisotopic (exact) mass is 456 g/mol. The van der Waals surface area contributed by atoms with Gasteiger partial charge >= 0.3 is 12.3 Å². The summed E-state index contributed by atoms with van der Waals surface area (Å²) < 4.78 is 44.2. The number of benzene rings is 1. The number of hydrogen-bond donors (Lipinski definition) is 1. The zero-order valence-corrected chi connectivity index (χ0v) is 16.1. The predicted molar refractivity (Wildman–Crippen MR) is 100 cm³/mol. The van der Waals surface area contributed by atoms with Gasteiger partial charge in [0.2, 0.25) is 5.88 Å². The molecule has 0 bridgehead atoms. The number of ether oxygens (including phenoxy) is 1. The van der Waals surface area contributed by atoms with Crippen LogP contribution in [0.3, 0.4) is 0 Å². The minimum absolute atomic E-state index is 0.0551. The van der Waals surface area contributed by atoms with E-state index in [0.29, 0.717) is 31.7 Å². The fraction of sp³-hybridized carbons (Fsp3) is 0.263. The maximum absolute atomic E-state index is 12.6. The summed E-state index contributed by atoms with van der Waals surface area (Å²) in [7, 11) is 0. The van der Waals surface area contributed by atoms with Gasteiger partial charge in [-0.25, -0.2) is 9.78 Å². The molecule has 0 spiro atoms. The molecule has 1 saturated heterocycles. The van der Waals surface area contributed by atoms with Crippen LogP contribution in [0, 0.1) is 0 Å². The number of aromatic nitrogens is 1. The molecule has 1 aliphatic heterocycles. The third-order valence-corrected chi connectivity index (χ3v) is 4.68. The number of likely N-dealkylation sites (tertiary alicyclic amines) is 1. The molecule has 1 amide bonds. The van der Waals surface area contributed by atoms with Crippen LogP contribution in [0.4, 0.5) is 18.0 Å². The van der Waals surface area contributed by atoms with Crippen molar-refractivity contribution in [2.45, 2.75) is 19.0 Å². The lowest BCUT2D eigenvalue weighted by atomic mass is 10.0. The van der Waals surface area contributed by atoms with Gasteiger partial charge in [-0.3, -0.25) is 0 Å². The highest BCUT2D eigenvalue weighted by atomic mass is 79.9. The molecule has 1 aliphatic rings. The molecule has 2 aromatic rings. The standard InChI is InChI=1S/C19H16BrF3N2O3/c20-15-8-13(7-12-3-5-25(6-4-12)18(26)27)9-16(10-15)28-17-2-1-14(11-24-17)19(21,22)23/h1-2,7-11H,3-6H2,(H,26,27). The SMILES string of the molecule is O=C(O)N1CCC(=Cc2cc(Br)cc(Oc3ccc(C(F)(F)F)cn3)c2)CC1. The lowest BCUT2D eigenvalue weighted by Gasteiger charge is -2.25. The van der Waals surface area contributed by atoms with Crippen molar-refractivity contribution < 1.29 is 27.8 Å². The van der Waals surface area contributed by atoms with E-state index in [2.05, 4.69) is 20.9 Å². The third-order valence-electron chi connectivity index (χ3n) is 4.23. The maximum atomic E-state index is 12.6. The van der Waals surface area contributed by atoms with Crippen molar-refractivity contribution in [2.75, 3.05) is 13.1 Å². The van der Waals surface area contributed by atoms with E-state index in [-0.39, 0.29) is 5.88 Å². The number of rotatable bonds is 3. The highest BCUT2D eigenvalue weighted by molar-refractivity contribution is 9.10. The van der Waals surface area contributed by atoms with E-state index in [1.807, 2.05) is 12.1 Å². The lowest BCUT2D eigenvalue weighted by molar-refractivity contribution is -0.137. The van der Waals surface area contributed by atoms with E-state index in [9.17, 15) is 18.0 Å². The summed E-state index contributed by atoms with van der Waals surface area (Å²) in [5, 5.41) is 9.00. The van der Waals surface area contributed by atoms with Gasteiger partial charge in [-0.1, -0.05) is 27.6 Å². The van der Waals surface area contributed by atoms with Gasteiger partial charge in [-0.05, 0) is 42.7 Å². The average molecular weight is 457 g/mol. The molecular formula is C19H16BrF3N2O3. The van der Waals surface area contributed by atoms with E-state index < -0.39 is 17.8 Å². The Labute approximate surface area is 167 Å². The maximum Gasteiger partial charge on any atom is 0.417 e. The van der Waals surface area contributed by atoms with Gasteiger partial charge in [0.15, 0.2) is 0 Å². The highest BCUT2D eigenvalue weighted by Crippen LogP contribution is 2.31. The van der Waals surface area contributed by atoms with Gasteiger partial charge in [0.1, 0.15) is 5.75 Å². The number of piperidine rings is 1. The second-order valence-electron chi connectivity index (χ2n) is 6.28. The van der Waals surface area contributed by atoms with Crippen LogP contribution in [-0.2, 0) is 6.18 Å². The van der Waals surface area contributed by atoms with Crippen molar-refractivity contribution in [1.82, 2.24) is 9.88 Å². The zero-order valence-electron chi connectivity index (χ0n) is 14.5. The molecule has 0 saturated carbocycles. The van der Waals surface area contributed by atoms with Crippen molar-refractivity contribution in [2.24, 2.45) is 0 Å². The molecule has 5 nitrogen and oxygen atoms in total. The number of nitrogens with zero attached hydrogens (tertiary/aromatic N) is 2. The summed E-state index contributed by atoms with van der Waals surface area (Å²) in [5.41, 5.74) is 1.12. The van der Waals surface area contributed by atoms with Gasteiger partial charge < -0.3 is 14.7 Å². The Hall–Kier alpha value is -2.55. The number of amides is 1. The summed E-state index contributed by atoms with van der Waals surface area (Å²) in [6.07, 6.45) is -1.37. The van der Waals surface area contributed by atoms with Crippen LogP contribution in [0.15, 0.2) is 46.6 Å². The number of hydrogen-bond acceptors (Lipinski definition) is 3. The first-order valence-corrected chi connectivity index (χ1v) is 9.19. The Kier molecular flexibility index (Phi) is 5.93. The molecule has 9 heteroatoms. The summed E-state index contributed by atoms with van der Waals surface area (Å²) in [6, 6.07) is 7.40. The van der Waals surface area contributed by atoms with Crippen LogP contribution in [-0.4, -0.2) is 34.2 Å². The molecule has 1 aromatic carbocycles. The third kappa shape index (κ3) is 5.25. The summed E-state index contributed by atoms with van der Waals surface area (Å²) in [4.78, 5) is 16.1. The Balaban J connectivity index is 1.73. The largest absolute Gasteiger partial charge is 0.465 e. The molecule has 0 aliphatic carbocycles. The number of carbonyl (C=O) groups is 1. The van der Waals surface area contributed by atoms with Gasteiger partial charge in [-0.15, -0.1) is 0 Å².